The molecule has 0 spiro atoms. The van der Waals surface area contributed by atoms with Crippen molar-refractivity contribution in [3.05, 3.63) is 29.8 Å². The van der Waals surface area contributed by atoms with Gasteiger partial charge in [-0.3, -0.25) is 0 Å². The third kappa shape index (κ3) is 3.53. The van der Waals surface area contributed by atoms with Crippen LogP contribution in [0.15, 0.2) is 24.3 Å². The lowest BCUT2D eigenvalue weighted by Gasteiger charge is -2.19. The van der Waals surface area contributed by atoms with Crippen LogP contribution in [0.3, 0.4) is 0 Å². The number of hydrogen-bond acceptors (Lipinski definition) is 2. The van der Waals surface area contributed by atoms with Crippen LogP contribution < -0.4 is 10.6 Å². The number of benzene rings is 1. The third-order valence-corrected chi connectivity index (χ3v) is 3.05. The summed E-state index contributed by atoms with van der Waals surface area (Å²) in [6.45, 7) is 5.46. The Bertz CT molecular complexity index is 292. The molecule has 90 valence electrons. The van der Waals surface area contributed by atoms with Crippen molar-refractivity contribution in [1.29, 1.82) is 0 Å². The molecule has 1 aromatic carbocycles. The van der Waals surface area contributed by atoms with Crippen LogP contribution in [-0.4, -0.2) is 13.6 Å². The van der Waals surface area contributed by atoms with E-state index in [1.54, 1.807) is 0 Å². The summed E-state index contributed by atoms with van der Waals surface area (Å²) in [6.07, 6.45) is 3.47. The average molecular weight is 220 g/mol. The first kappa shape index (κ1) is 13.0. The van der Waals surface area contributed by atoms with Crippen molar-refractivity contribution in [2.24, 2.45) is 5.73 Å². The van der Waals surface area contributed by atoms with Crippen LogP contribution >= 0.6 is 0 Å². The van der Waals surface area contributed by atoms with Crippen LogP contribution in [0.25, 0.3) is 0 Å². The Kier molecular flexibility index (Phi) is 5.33. The Morgan fingerprint density at radius 1 is 1.19 bits per heavy atom. The quantitative estimate of drug-likeness (QED) is 0.796. The zero-order chi connectivity index (χ0) is 12.0. The summed E-state index contributed by atoms with van der Waals surface area (Å²) >= 11 is 0. The molecule has 1 rings (SSSR count). The molecule has 0 amide bonds. The van der Waals surface area contributed by atoms with Crippen molar-refractivity contribution in [1.82, 2.24) is 0 Å². The molecule has 1 atom stereocenters. The molecule has 1 aromatic rings. The molecule has 0 radical (unpaired) electrons. The van der Waals surface area contributed by atoms with E-state index >= 15 is 0 Å². The first-order valence-corrected chi connectivity index (χ1v) is 6.25. The van der Waals surface area contributed by atoms with Gasteiger partial charge < -0.3 is 10.6 Å². The maximum absolute atomic E-state index is 5.99. The molecule has 0 unspecified atom stereocenters. The van der Waals surface area contributed by atoms with Crippen LogP contribution in [-0.2, 0) is 0 Å². The molecule has 0 saturated carbocycles. The van der Waals surface area contributed by atoms with Crippen molar-refractivity contribution in [3.8, 4) is 0 Å². The summed E-state index contributed by atoms with van der Waals surface area (Å²) in [7, 11) is 2.14. The number of nitrogens with two attached hydrogens (primary N) is 1. The lowest BCUT2D eigenvalue weighted by Crippen LogP contribution is -2.18. The highest BCUT2D eigenvalue weighted by atomic mass is 15.1. The molecule has 0 aliphatic carbocycles. The fourth-order valence-electron chi connectivity index (χ4n) is 1.74. The second-order valence-corrected chi connectivity index (χ2v) is 4.38. The van der Waals surface area contributed by atoms with E-state index in [-0.39, 0.29) is 6.04 Å². The molecule has 0 aromatic heterocycles. The molecule has 0 aliphatic rings. The van der Waals surface area contributed by atoms with Crippen molar-refractivity contribution < 1.29 is 0 Å². The summed E-state index contributed by atoms with van der Waals surface area (Å²) in [6, 6.07) is 8.80. The molecule has 0 fully saturated rings. The lowest BCUT2D eigenvalue weighted by atomic mass is 10.1. The summed E-state index contributed by atoms with van der Waals surface area (Å²) in [5.41, 5.74) is 8.50. The Balaban J connectivity index is 2.63. The normalized spacial score (nSPS) is 12.5. The highest BCUT2D eigenvalue weighted by molar-refractivity contribution is 5.47. The third-order valence-electron chi connectivity index (χ3n) is 3.05. The van der Waals surface area contributed by atoms with E-state index < -0.39 is 0 Å². The van der Waals surface area contributed by atoms with Gasteiger partial charge in [-0.05, 0) is 30.5 Å². The van der Waals surface area contributed by atoms with E-state index in [1.165, 1.54) is 24.1 Å². The van der Waals surface area contributed by atoms with Gasteiger partial charge in [-0.1, -0.05) is 32.4 Å². The zero-order valence-electron chi connectivity index (χ0n) is 10.7. The predicted octanol–water partition coefficient (Wildman–Crippen LogP) is 3.33. The summed E-state index contributed by atoms with van der Waals surface area (Å²) < 4.78 is 0. The van der Waals surface area contributed by atoms with Gasteiger partial charge in [0.2, 0.25) is 0 Å². The highest BCUT2D eigenvalue weighted by Crippen LogP contribution is 2.19. The topological polar surface area (TPSA) is 29.3 Å². The first-order chi connectivity index (χ1) is 7.69. The second-order valence-electron chi connectivity index (χ2n) is 4.38. The van der Waals surface area contributed by atoms with Gasteiger partial charge in [0.25, 0.3) is 0 Å². The molecule has 0 aliphatic heterocycles. The predicted molar refractivity (Wildman–Crippen MR) is 71.8 cm³/mol. The molecule has 0 saturated heterocycles. The Labute approximate surface area is 99.5 Å². The summed E-state index contributed by atoms with van der Waals surface area (Å²) in [4.78, 5) is 2.30. The molecular weight excluding hydrogens is 196 g/mol. The molecular formula is C14H24N2. The lowest BCUT2D eigenvalue weighted by molar-refractivity contribution is 0.698. The molecule has 2 N–H and O–H groups in total. The van der Waals surface area contributed by atoms with Crippen molar-refractivity contribution in [3.63, 3.8) is 0 Å². The van der Waals surface area contributed by atoms with Crippen LogP contribution in [0, 0.1) is 0 Å². The van der Waals surface area contributed by atoms with Crippen LogP contribution in [0.1, 0.15) is 44.7 Å². The Hall–Kier alpha value is -1.02. The van der Waals surface area contributed by atoms with Crippen LogP contribution in [0.5, 0.6) is 0 Å². The largest absolute Gasteiger partial charge is 0.375 e. The number of hydrogen-bond donors (Lipinski definition) is 1. The fraction of sp³-hybridized carbons (Fsp3) is 0.571. The molecule has 0 heterocycles. The van der Waals surface area contributed by atoms with Gasteiger partial charge in [0.15, 0.2) is 0 Å². The number of anilines is 1. The van der Waals surface area contributed by atoms with Crippen LogP contribution in [0.4, 0.5) is 5.69 Å². The summed E-state index contributed by atoms with van der Waals surface area (Å²) in [5.74, 6) is 0. The maximum Gasteiger partial charge on any atom is 0.0363 e. The van der Waals surface area contributed by atoms with Gasteiger partial charge in [-0.2, -0.15) is 0 Å². The number of rotatable bonds is 6. The summed E-state index contributed by atoms with van der Waals surface area (Å²) in [5, 5.41) is 0. The molecule has 2 heteroatoms. The molecule has 0 bridgehead atoms. The smallest absolute Gasteiger partial charge is 0.0363 e. The van der Waals surface area contributed by atoms with Gasteiger partial charge in [-0.15, -0.1) is 0 Å². The van der Waals surface area contributed by atoms with E-state index in [4.69, 9.17) is 5.73 Å². The van der Waals surface area contributed by atoms with Crippen LogP contribution in [0.2, 0.25) is 0 Å². The molecule has 16 heavy (non-hydrogen) atoms. The second kappa shape index (κ2) is 6.54. The fourth-order valence-corrected chi connectivity index (χ4v) is 1.74. The van der Waals surface area contributed by atoms with E-state index in [1.807, 2.05) is 0 Å². The van der Waals surface area contributed by atoms with Gasteiger partial charge in [0, 0.05) is 25.3 Å². The van der Waals surface area contributed by atoms with Gasteiger partial charge in [0.1, 0.15) is 0 Å². The molecule has 2 nitrogen and oxygen atoms in total. The zero-order valence-corrected chi connectivity index (χ0v) is 10.7. The number of nitrogens with zero attached hydrogens (tertiary/aromatic N) is 1. The van der Waals surface area contributed by atoms with Crippen molar-refractivity contribution >= 4 is 5.69 Å². The SMILES string of the molecule is CCCCN(C)c1ccc([C@H](N)CC)cc1. The van der Waals surface area contributed by atoms with Crippen molar-refractivity contribution in [2.75, 3.05) is 18.5 Å². The van der Waals surface area contributed by atoms with Gasteiger partial charge in [-0.25, -0.2) is 0 Å². The van der Waals surface area contributed by atoms with E-state index in [2.05, 4.69) is 50.1 Å². The maximum atomic E-state index is 5.99. The minimum absolute atomic E-state index is 0.176. The average Bonchev–Trinajstić information content (AvgIpc) is 2.35. The Morgan fingerprint density at radius 3 is 2.31 bits per heavy atom. The number of unbranched alkanes of at least 4 members (excludes halogenated alkanes) is 1. The van der Waals surface area contributed by atoms with E-state index in [9.17, 15) is 0 Å². The first-order valence-electron chi connectivity index (χ1n) is 6.25. The van der Waals surface area contributed by atoms with Crippen molar-refractivity contribution in [2.45, 2.75) is 39.2 Å². The van der Waals surface area contributed by atoms with E-state index in [0.29, 0.717) is 0 Å². The monoisotopic (exact) mass is 220 g/mol. The Morgan fingerprint density at radius 2 is 1.81 bits per heavy atom. The minimum atomic E-state index is 0.176. The minimum Gasteiger partial charge on any atom is -0.375 e. The van der Waals surface area contributed by atoms with Gasteiger partial charge >= 0.3 is 0 Å². The highest BCUT2D eigenvalue weighted by Gasteiger charge is 2.04. The van der Waals surface area contributed by atoms with Gasteiger partial charge in [0.05, 0.1) is 0 Å². The standard InChI is InChI=1S/C14H24N2/c1-4-6-11-16(3)13-9-7-12(8-10-13)14(15)5-2/h7-10,14H,4-6,11,15H2,1-3H3/t14-/m1/s1. The van der Waals surface area contributed by atoms with E-state index in [0.717, 1.165) is 13.0 Å².